The third-order valence-electron chi connectivity index (χ3n) is 6.33. The highest BCUT2D eigenvalue weighted by molar-refractivity contribution is 5.83. The van der Waals surface area contributed by atoms with Gasteiger partial charge in [-0.15, -0.1) is 0 Å². The number of carbonyl (C=O) groups excluding carboxylic acids is 1. The van der Waals surface area contributed by atoms with E-state index in [9.17, 15) is 9.59 Å². The fourth-order valence-electron chi connectivity index (χ4n) is 4.38. The molecule has 4 rings (SSSR count). The van der Waals surface area contributed by atoms with Gasteiger partial charge in [-0.2, -0.15) is 5.10 Å². The van der Waals surface area contributed by atoms with E-state index >= 15 is 0 Å². The molecule has 0 bridgehead atoms. The highest BCUT2D eigenvalue weighted by atomic mass is 16.6. The van der Waals surface area contributed by atoms with Gasteiger partial charge in [0.2, 0.25) is 5.95 Å². The van der Waals surface area contributed by atoms with Crippen molar-refractivity contribution in [3.8, 4) is 5.75 Å². The molecule has 0 spiro atoms. The Labute approximate surface area is 198 Å². The molecule has 0 aliphatic carbocycles. The number of carbonyl (C=O) groups is 1. The van der Waals surface area contributed by atoms with Crippen LogP contribution in [0.4, 0.5) is 5.95 Å². The van der Waals surface area contributed by atoms with E-state index in [4.69, 9.17) is 14.2 Å². The topological polar surface area (TPSA) is 123 Å². The van der Waals surface area contributed by atoms with Crippen molar-refractivity contribution in [3.63, 3.8) is 0 Å². The highest BCUT2D eigenvalue weighted by Gasteiger charge is 2.38. The normalized spacial score (nSPS) is 20.1. The van der Waals surface area contributed by atoms with Crippen LogP contribution in [-0.2, 0) is 14.3 Å². The van der Waals surface area contributed by atoms with E-state index in [1.165, 1.54) is 6.20 Å². The van der Waals surface area contributed by atoms with Crippen molar-refractivity contribution in [2.75, 3.05) is 44.9 Å². The molecule has 2 aromatic rings. The molecule has 2 atom stereocenters. The van der Waals surface area contributed by atoms with E-state index in [2.05, 4.69) is 25.1 Å². The zero-order valence-corrected chi connectivity index (χ0v) is 19.9. The van der Waals surface area contributed by atoms with Crippen LogP contribution in [0.1, 0.15) is 30.4 Å². The number of hydrogen-bond acceptors (Lipinski definition) is 9. The summed E-state index contributed by atoms with van der Waals surface area (Å²) in [7, 11) is 1.57. The fourth-order valence-corrected chi connectivity index (χ4v) is 4.38. The van der Waals surface area contributed by atoms with E-state index < -0.39 is 12.2 Å². The van der Waals surface area contributed by atoms with Gasteiger partial charge in [-0.25, -0.2) is 15.1 Å². The van der Waals surface area contributed by atoms with Gasteiger partial charge in [0.15, 0.2) is 0 Å². The van der Waals surface area contributed by atoms with Crippen molar-refractivity contribution >= 4 is 11.9 Å². The number of piperidine rings is 1. The third-order valence-corrected chi connectivity index (χ3v) is 6.33. The number of nitrogens with zero attached hydrogens (tertiary/aromatic N) is 5. The van der Waals surface area contributed by atoms with Crippen LogP contribution in [0.25, 0.3) is 0 Å². The van der Waals surface area contributed by atoms with Gasteiger partial charge in [0.05, 0.1) is 25.0 Å². The number of ether oxygens (including phenoxy) is 3. The standard InChI is InChI=1S/C23H32N6O5/c1-15-10-24-23(25-11-15)28-7-4-17(5-8-28)29-9-6-19(22(29)31)33-14-18(13-32-3)34-20-12-26-27-21(30)16(20)2/h10-12,17-19H,4-9,13-14H2,1-3H3,(H,27,30)/t18-,19-/m0/s1. The molecule has 1 N–H and O–H groups in total. The van der Waals surface area contributed by atoms with Crippen LogP contribution in [0.3, 0.4) is 0 Å². The molecule has 184 valence electrons. The predicted octanol–water partition coefficient (Wildman–Crippen LogP) is 0.857. The number of nitrogens with one attached hydrogen (secondary N) is 1. The lowest BCUT2D eigenvalue weighted by Gasteiger charge is -2.36. The lowest BCUT2D eigenvalue weighted by molar-refractivity contribution is -0.141. The lowest BCUT2D eigenvalue weighted by Crippen LogP contribution is -2.47. The van der Waals surface area contributed by atoms with E-state index in [0.29, 0.717) is 24.3 Å². The molecule has 0 aromatic carbocycles. The fraction of sp³-hybridized carbons (Fsp3) is 0.609. The van der Waals surface area contributed by atoms with Crippen LogP contribution in [0.5, 0.6) is 5.75 Å². The van der Waals surface area contributed by atoms with Crippen molar-refractivity contribution in [2.45, 2.75) is 51.4 Å². The van der Waals surface area contributed by atoms with Crippen LogP contribution in [0, 0.1) is 13.8 Å². The second-order valence-electron chi connectivity index (χ2n) is 8.80. The molecule has 11 heteroatoms. The molecule has 11 nitrogen and oxygen atoms in total. The summed E-state index contributed by atoms with van der Waals surface area (Å²) in [5.74, 6) is 1.14. The van der Waals surface area contributed by atoms with Crippen molar-refractivity contribution in [1.29, 1.82) is 0 Å². The number of aromatic amines is 1. The summed E-state index contributed by atoms with van der Waals surface area (Å²) >= 11 is 0. The zero-order chi connectivity index (χ0) is 24.1. The molecule has 2 saturated heterocycles. The van der Waals surface area contributed by atoms with Crippen molar-refractivity contribution in [1.82, 2.24) is 25.1 Å². The molecule has 0 radical (unpaired) electrons. The van der Waals surface area contributed by atoms with E-state index in [0.717, 1.165) is 37.4 Å². The number of H-pyrrole nitrogens is 1. The maximum Gasteiger partial charge on any atom is 0.270 e. The van der Waals surface area contributed by atoms with Gasteiger partial charge in [0, 0.05) is 51.6 Å². The van der Waals surface area contributed by atoms with E-state index in [-0.39, 0.29) is 30.7 Å². The van der Waals surface area contributed by atoms with Crippen molar-refractivity contribution < 1.29 is 19.0 Å². The maximum atomic E-state index is 13.1. The molecule has 2 aliphatic rings. The molecule has 2 aromatic heterocycles. The Morgan fingerprint density at radius 3 is 2.50 bits per heavy atom. The average molecular weight is 473 g/mol. The first-order chi connectivity index (χ1) is 16.5. The second-order valence-corrected chi connectivity index (χ2v) is 8.80. The van der Waals surface area contributed by atoms with Crippen molar-refractivity contribution in [3.05, 3.63) is 40.1 Å². The number of likely N-dealkylation sites (tertiary alicyclic amines) is 1. The molecule has 34 heavy (non-hydrogen) atoms. The van der Waals surface area contributed by atoms with Gasteiger partial charge < -0.3 is 24.0 Å². The van der Waals surface area contributed by atoms with Crippen LogP contribution >= 0.6 is 0 Å². The number of aryl methyl sites for hydroxylation is 1. The smallest absolute Gasteiger partial charge is 0.270 e. The number of amides is 1. The summed E-state index contributed by atoms with van der Waals surface area (Å²) in [4.78, 5) is 37.8. The minimum atomic E-state index is -0.500. The number of hydrogen-bond donors (Lipinski definition) is 1. The van der Waals surface area contributed by atoms with Gasteiger partial charge in [0.25, 0.3) is 11.5 Å². The van der Waals surface area contributed by atoms with Crippen molar-refractivity contribution in [2.24, 2.45) is 0 Å². The van der Waals surface area contributed by atoms with Gasteiger partial charge in [0.1, 0.15) is 18.0 Å². The summed E-state index contributed by atoms with van der Waals surface area (Å²) in [6, 6.07) is 0.193. The van der Waals surface area contributed by atoms with Gasteiger partial charge >= 0.3 is 0 Å². The Morgan fingerprint density at radius 2 is 1.79 bits per heavy atom. The van der Waals surface area contributed by atoms with Crippen LogP contribution < -0.4 is 15.2 Å². The number of anilines is 1. The van der Waals surface area contributed by atoms with E-state index in [1.54, 1.807) is 14.0 Å². The molecular weight excluding hydrogens is 440 g/mol. The first kappa shape index (κ1) is 24.1. The summed E-state index contributed by atoms with van der Waals surface area (Å²) < 4.78 is 17.1. The Kier molecular flexibility index (Phi) is 7.73. The van der Waals surface area contributed by atoms with Crippen LogP contribution in [-0.4, -0.2) is 89.2 Å². The van der Waals surface area contributed by atoms with Gasteiger partial charge in [-0.3, -0.25) is 9.59 Å². The van der Waals surface area contributed by atoms with Crippen LogP contribution in [0.2, 0.25) is 0 Å². The van der Waals surface area contributed by atoms with Crippen LogP contribution in [0.15, 0.2) is 23.4 Å². The Balaban J connectivity index is 1.28. The molecule has 2 fully saturated rings. The summed E-state index contributed by atoms with van der Waals surface area (Å²) in [6.45, 7) is 6.38. The summed E-state index contributed by atoms with van der Waals surface area (Å²) in [5, 5.41) is 6.15. The Hall–Kier alpha value is -3.05. The first-order valence-corrected chi connectivity index (χ1v) is 11.6. The van der Waals surface area contributed by atoms with E-state index in [1.807, 2.05) is 24.2 Å². The lowest BCUT2D eigenvalue weighted by atomic mass is 10.0. The monoisotopic (exact) mass is 472 g/mol. The summed E-state index contributed by atoms with van der Waals surface area (Å²) in [5.41, 5.74) is 1.16. The second kappa shape index (κ2) is 10.9. The minimum Gasteiger partial charge on any atom is -0.483 e. The molecule has 0 saturated carbocycles. The minimum absolute atomic E-state index is 0.0233. The number of methoxy groups -OCH3 is 1. The Morgan fingerprint density at radius 1 is 1.06 bits per heavy atom. The summed E-state index contributed by atoms with van der Waals surface area (Å²) in [6.07, 6.45) is 6.54. The predicted molar refractivity (Wildman–Crippen MR) is 124 cm³/mol. The third kappa shape index (κ3) is 5.53. The Bertz CT molecular complexity index is 1020. The van der Waals surface area contributed by atoms with Gasteiger partial charge in [-0.1, -0.05) is 0 Å². The first-order valence-electron chi connectivity index (χ1n) is 11.6. The SMILES string of the molecule is COC[C@@H](CO[C@H]1CCN(C2CCN(c3ncc(C)cn3)CC2)C1=O)Oc1cn[nH]c(=O)c1C. The maximum absolute atomic E-state index is 13.1. The molecular formula is C23H32N6O5. The highest BCUT2D eigenvalue weighted by Crippen LogP contribution is 2.25. The number of aromatic nitrogens is 4. The zero-order valence-electron chi connectivity index (χ0n) is 19.9. The molecule has 4 heterocycles. The number of rotatable bonds is 9. The molecule has 0 unspecified atom stereocenters. The quantitative estimate of drug-likeness (QED) is 0.566. The van der Waals surface area contributed by atoms with Gasteiger partial charge in [-0.05, 0) is 32.3 Å². The molecule has 2 aliphatic heterocycles. The largest absolute Gasteiger partial charge is 0.483 e. The average Bonchev–Trinajstić information content (AvgIpc) is 3.21. The molecule has 1 amide bonds.